The summed E-state index contributed by atoms with van der Waals surface area (Å²) in [4.78, 5) is 194. The summed E-state index contributed by atoms with van der Waals surface area (Å²) >= 11 is 3.26. The van der Waals surface area contributed by atoms with Crippen LogP contribution in [0.4, 0.5) is 0 Å². The number of halogens is 1. The van der Waals surface area contributed by atoms with Crippen molar-refractivity contribution in [3.63, 3.8) is 0 Å². The zero-order valence-corrected chi connectivity index (χ0v) is 50.5. The molecule has 0 spiro atoms. The number of carbonyl (C=O) groups excluding carboxylic acids is 12. The molecular weight excluding hydrogens is 1230 g/mol. The van der Waals surface area contributed by atoms with Crippen LogP contribution in [0, 0.1) is 5.41 Å². The van der Waals surface area contributed by atoms with Crippen LogP contribution >= 0.6 is 37.5 Å². The first-order valence-corrected chi connectivity index (χ1v) is 29.5. The first-order valence-electron chi connectivity index (χ1n) is 26.3. The number of ketones is 1. The Balaban J connectivity index is 2.59. The fourth-order valence-corrected chi connectivity index (χ4v) is 11.7. The van der Waals surface area contributed by atoms with Crippen molar-refractivity contribution in [1.82, 2.24) is 42.1 Å². The molecule has 0 aromatic carbocycles. The molecule has 2 heterocycles. The predicted molar refractivity (Wildman–Crippen MR) is 307 cm³/mol. The number of methoxy groups -OCH3 is 1. The van der Waals surface area contributed by atoms with Crippen LogP contribution in [0.5, 0.6) is 0 Å². The summed E-state index contributed by atoms with van der Waals surface area (Å²) in [5.74, 6) is -16.0. The van der Waals surface area contributed by atoms with Crippen molar-refractivity contribution in [2.24, 2.45) is 44.1 Å². The number of Topliss-reactive ketones (excluding diaryl/α,β-unsaturated/α-hetero) is 1. The third-order valence-corrected chi connectivity index (χ3v) is 15.7. The topological polar surface area (TPSA) is 549 Å². The fourth-order valence-electron chi connectivity index (χ4n) is 8.24. The van der Waals surface area contributed by atoms with Crippen molar-refractivity contribution in [3.8, 4) is 0 Å². The van der Waals surface area contributed by atoms with Gasteiger partial charge < -0.3 is 84.6 Å². The number of imide groups is 1. The van der Waals surface area contributed by atoms with Crippen LogP contribution in [0.15, 0.2) is 9.98 Å². The van der Waals surface area contributed by atoms with E-state index in [1.54, 1.807) is 0 Å². The van der Waals surface area contributed by atoms with E-state index in [4.69, 9.17) is 42.9 Å². The summed E-state index contributed by atoms with van der Waals surface area (Å²) in [5, 5.41) is 34.2. The lowest BCUT2D eigenvalue weighted by molar-refractivity contribution is -0.157. The van der Waals surface area contributed by atoms with Crippen LogP contribution in [0.2, 0.25) is 0 Å². The minimum absolute atomic E-state index is 0.0155. The molecule has 0 bridgehead atoms. The molecule has 2 rings (SSSR count). The minimum Gasteiger partial charge on any atom is -0.481 e. The normalized spacial score (nSPS) is 22.8. The van der Waals surface area contributed by atoms with Crippen LogP contribution in [-0.2, 0) is 81.3 Å². The molecule has 0 aliphatic carbocycles. The van der Waals surface area contributed by atoms with E-state index in [-0.39, 0.29) is 89.7 Å². The Labute approximate surface area is 504 Å². The smallest absolute Gasteiger partial charge is 0.322 e. The number of ether oxygens (including phenoxy) is 3. The summed E-state index contributed by atoms with van der Waals surface area (Å²) in [6, 6.07) is -9.68. The number of nitrogens with two attached hydrogens (primary N) is 5. The van der Waals surface area contributed by atoms with E-state index in [1.807, 2.05) is 0 Å². The first-order chi connectivity index (χ1) is 39.8. The first kappa shape index (κ1) is 73.7. The van der Waals surface area contributed by atoms with Gasteiger partial charge in [-0.3, -0.25) is 87.7 Å². The number of aliphatic imine (C=N–C) groups is 2. The molecule has 0 radical (unpaired) electrons. The number of carboxylic acids is 2. The maximum atomic E-state index is 14.1. The Morgan fingerprint density at radius 2 is 1.28 bits per heavy atom. The number of hydrogen-bond acceptors (Lipinski definition) is 22. The predicted octanol–water partition coefficient (Wildman–Crippen LogP) is -5.80. The van der Waals surface area contributed by atoms with E-state index in [1.165, 1.54) is 27.9 Å². The Bertz CT molecular complexity index is 2520. The Morgan fingerprint density at radius 1 is 0.706 bits per heavy atom. The highest BCUT2D eigenvalue weighted by atomic mass is 79.9. The van der Waals surface area contributed by atoms with E-state index >= 15 is 0 Å². The van der Waals surface area contributed by atoms with Crippen LogP contribution in [0.3, 0.4) is 0 Å². The number of amides is 9. The number of aliphatic carboxylic acids is 2. The third-order valence-electron chi connectivity index (χ3n) is 12.4. The van der Waals surface area contributed by atoms with Crippen molar-refractivity contribution >= 4 is 132 Å². The second-order valence-electron chi connectivity index (χ2n) is 20.1. The maximum absolute atomic E-state index is 14.1. The quantitative estimate of drug-likeness (QED) is 0.00814. The highest BCUT2D eigenvalue weighted by molar-refractivity contribution is 9.10. The molecule has 2 aliphatic rings. The SMILES string of the molecule is COC(=O)C(C)(Br)CC(C)(C)C(=O)OCCOCC(=O)C[C@H]1SSCC(C(N)=O)NC(=O)[C@H](CC(=O)O)NC(=O)C2CCCN2C(=O)CNC(=O)[C@H](CCCN=C(N)N)NC(=O)[C@H](CC(=O)O)NC(=O)CN[C@H](CCCN=C(N)N)C(=O)NC1=O. The summed E-state index contributed by atoms with van der Waals surface area (Å²) in [6.45, 7) is 1.50. The molecule has 3 unspecified atom stereocenters. The summed E-state index contributed by atoms with van der Waals surface area (Å²) in [6.07, 6.45) is -2.86. The molecule has 0 aromatic rings. The highest BCUT2D eigenvalue weighted by Crippen LogP contribution is 2.36. The number of primary amides is 1. The van der Waals surface area contributed by atoms with Crippen LogP contribution in [0.1, 0.15) is 85.0 Å². The van der Waals surface area contributed by atoms with E-state index in [0.717, 1.165) is 4.90 Å². The number of carboxylic acid groups (broad SMARTS) is 2. The van der Waals surface area contributed by atoms with E-state index in [2.05, 4.69) is 63.1 Å². The van der Waals surface area contributed by atoms with Crippen molar-refractivity contribution in [2.75, 3.05) is 65.4 Å². The number of guanidine groups is 2. The molecule has 476 valence electrons. The maximum Gasteiger partial charge on any atom is 0.322 e. The average Bonchev–Trinajstić information content (AvgIpc) is 4.20. The van der Waals surface area contributed by atoms with E-state index in [0.29, 0.717) is 21.6 Å². The van der Waals surface area contributed by atoms with E-state index < -0.39 is 179 Å². The molecule has 34 nitrogen and oxygen atoms in total. The van der Waals surface area contributed by atoms with Gasteiger partial charge in [0.1, 0.15) is 53.0 Å². The molecule has 2 saturated heterocycles. The number of alkyl halides is 1. The number of esters is 2. The highest BCUT2D eigenvalue weighted by Gasteiger charge is 2.43. The largest absolute Gasteiger partial charge is 0.481 e. The number of carbonyl (C=O) groups is 14. The zero-order chi connectivity index (χ0) is 64.2. The van der Waals surface area contributed by atoms with Gasteiger partial charge in [0.2, 0.25) is 53.2 Å². The van der Waals surface area contributed by atoms with Gasteiger partial charge in [-0.05, 0) is 65.7 Å². The van der Waals surface area contributed by atoms with Gasteiger partial charge in [0.25, 0.3) is 0 Å². The Kier molecular flexibility index (Phi) is 31.6. The number of fused-ring (bicyclic) bond motifs is 1. The van der Waals surface area contributed by atoms with Crippen molar-refractivity contribution in [1.29, 1.82) is 0 Å². The van der Waals surface area contributed by atoms with Gasteiger partial charge in [-0.15, -0.1) is 0 Å². The summed E-state index contributed by atoms with van der Waals surface area (Å²) in [7, 11) is 2.49. The van der Waals surface area contributed by atoms with Crippen molar-refractivity contribution < 1.29 is 91.5 Å². The van der Waals surface area contributed by atoms with Gasteiger partial charge in [0.05, 0.1) is 51.1 Å². The second kappa shape index (κ2) is 36.5. The third kappa shape index (κ3) is 27.5. The minimum atomic E-state index is -1.87. The van der Waals surface area contributed by atoms with Gasteiger partial charge in [0, 0.05) is 31.8 Å². The zero-order valence-electron chi connectivity index (χ0n) is 47.2. The molecule has 85 heavy (non-hydrogen) atoms. The lowest BCUT2D eigenvalue weighted by Crippen LogP contribution is -2.58. The molecule has 0 saturated carbocycles. The summed E-state index contributed by atoms with van der Waals surface area (Å²) in [5.41, 5.74) is 26.2. The second-order valence-corrected chi connectivity index (χ2v) is 24.5. The lowest BCUT2D eigenvalue weighted by atomic mass is 9.83. The van der Waals surface area contributed by atoms with Crippen LogP contribution in [-0.4, -0.2) is 221 Å². The summed E-state index contributed by atoms with van der Waals surface area (Å²) < 4.78 is 14.3. The van der Waals surface area contributed by atoms with Crippen LogP contribution in [0.25, 0.3) is 0 Å². The standard InChI is InChI=1S/C48H76BrN15O19S2/c1-47(2,23-48(3,49)44(80)81-4)43(79)83-15-14-82-21-24(65)16-31-42(78)63-38(74)25(8-5-11-55-45(51)52)57-19-32(66)59-27(17-34(68)69)39(75)60-26(9-6-12-56-46(53)54)37(73)58-20-33(67)64-13-7-10-30(64)41(77)61-28(18-35(70)71)40(76)62-29(36(50)72)22-84-85-31/h25-31,57H,5-23H2,1-4H3,(H2,50,72)(H,58,73)(H,59,66)(H,60,75)(H,61,77)(H,62,76)(H,68,69)(H,70,71)(H4,51,52,55)(H4,53,54,56)(H,63,74,78)/t25-,26+,27+,28+,29?,30?,31-,48?/m1/s1. The molecule has 2 fully saturated rings. The van der Waals surface area contributed by atoms with Gasteiger partial charge in [-0.1, -0.05) is 37.5 Å². The fraction of sp³-hybridized carbons (Fsp3) is 0.667. The van der Waals surface area contributed by atoms with Crippen molar-refractivity contribution in [3.05, 3.63) is 0 Å². The van der Waals surface area contributed by atoms with Gasteiger partial charge in [-0.2, -0.15) is 0 Å². The molecule has 19 N–H and O–H groups in total. The molecule has 0 aromatic heterocycles. The van der Waals surface area contributed by atoms with Gasteiger partial charge in [0.15, 0.2) is 17.7 Å². The monoisotopic (exact) mass is 1310 g/mol. The number of nitrogens with one attached hydrogen (secondary N) is 7. The molecule has 9 amide bonds. The molecule has 2 aliphatic heterocycles. The Hall–Kier alpha value is -7.38. The van der Waals surface area contributed by atoms with Crippen molar-refractivity contribution in [2.45, 2.75) is 131 Å². The van der Waals surface area contributed by atoms with E-state index in [9.17, 15) is 77.3 Å². The van der Waals surface area contributed by atoms with Gasteiger partial charge >= 0.3 is 23.9 Å². The molecule has 8 atom stereocenters. The number of hydrogen-bond donors (Lipinski definition) is 14. The molecule has 37 heteroatoms. The average molecular weight is 1310 g/mol. The number of nitrogens with zero attached hydrogens (tertiary/aromatic N) is 3. The Morgan fingerprint density at radius 3 is 1.86 bits per heavy atom. The lowest BCUT2D eigenvalue weighted by Gasteiger charge is -2.29. The number of rotatable bonds is 24. The van der Waals surface area contributed by atoms with Crippen LogP contribution < -0.4 is 65.9 Å². The molecular formula is C48H76BrN15O19S2. The van der Waals surface area contributed by atoms with Gasteiger partial charge in [-0.25, -0.2) is 0 Å².